The van der Waals surface area contributed by atoms with Gasteiger partial charge in [-0.3, -0.25) is 9.59 Å². The van der Waals surface area contributed by atoms with Crippen LogP contribution in [0.4, 0.5) is 10.1 Å². The molecule has 1 aromatic rings. The number of hydrogen-bond acceptors (Lipinski definition) is 7. The Hall–Kier alpha value is -3.03. The molecule has 4 N–H and O–H groups in total. The van der Waals surface area contributed by atoms with E-state index in [0.717, 1.165) is 75.3 Å². The van der Waals surface area contributed by atoms with Gasteiger partial charge in [0.15, 0.2) is 5.78 Å². The first-order chi connectivity index (χ1) is 30.3. The van der Waals surface area contributed by atoms with Gasteiger partial charge in [0.2, 0.25) is 0 Å². The van der Waals surface area contributed by atoms with Gasteiger partial charge < -0.3 is 30.1 Å². The standard InChI is InChI=1S/C55H76FNO7/c1-8-20-55(63)21-19-41-38-13-10-33-26-36(58)12-14-37(33)49(38)39(31-53(41,55)5)34-11-17-45(44(56)27-34)57(7)24-25-64-51(3)22-23-52(4)35(30-51)28-46(59)50-42-16-15-40(32(2)9-18-48(61)62)54(42,6)47(60)29-43(50)52/h11,17,26-27,32,35,38-43,46-47,50,59-60,63H,9-10,12-16,18-19,21-25,28-31H2,1-7H3,(H,61,62)/t32-,35-,38?,39+,40-,41?,42+,43+,46-,47+,50+,51+,52+,53+,54-,55-/m1/s1. The number of aliphatic hydroxyl groups is 3. The molecule has 0 bridgehead atoms. The number of carbonyl (C=O) groups is 2. The van der Waals surface area contributed by atoms with Gasteiger partial charge in [-0.1, -0.05) is 45.3 Å². The van der Waals surface area contributed by atoms with E-state index in [1.165, 1.54) is 11.1 Å². The zero-order valence-corrected chi connectivity index (χ0v) is 39.7. The number of anilines is 1. The minimum Gasteiger partial charge on any atom is -0.481 e. The minimum absolute atomic E-state index is 0.0129. The number of aliphatic hydroxyl groups excluding tert-OH is 2. The summed E-state index contributed by atoms with van der Waals surface area (Å²) in [5, 5.41) is 45.5. The summed E-state index contributed by atoms with van der Waals surface area (Å²) in [6, 6.07) is 5.72. The molecule has 8 nitrogen and oxygen atoms in total. The molecule has 9 heteroatoms. The number of carboxylic acid groups (broad SMARTS) is 1. The SMILES string of the molecule is CC#C[C@@]1(O)CCC2C3CCC4=CC(=O)CCC4=C3[C@H](c3ccc(N(C)CCO[C@@]4(C)CC[C@@]5(C)[C@H](C[C@@H](O)[C@@H]6[C@@H]5C[C@H](O)[C@]5(C)[C@@H]([C@H](C)CCC(=O)O)CC[C@@H]65)C4)c(F)c3)C[C@@]21C. The van der Waals surface area contributed by atoms with Crippen molar-refractivity contribution in [2.45, 2.75) is 174 Å². The number of ketones is 1. The highest BCUT2D eigenvalue weighted by Gasteiger charge is 2.67. The summed E-state index contributed by atoms with van der Waals surface area (Å²) in [4.78, 5) is 25.9. The summed E-state index contributed by atoms with van der Waals surface area (Å²) >= 11 is 0. The lowest BCUT2D eigenvalue weighted by atomic mass is 9.42. The summed E-state index contributed by atoms with van der Waals surface area (Å²) < 4.78 is 23.3. The Balaban J connectivity index is 0.872. The molecular weight excluding hydrogens is 806 g/mol. The molecule has 9 rings (SSSR count). The fourth-order valence-corrected chi connectivity index (χ4v) is 17.0. The molecule has 0 heterocycles. The van der Waals surface area contributed by atoms with Gasteiger partial charge >= 0.3 is 5.97 Å². The van der Waals surface area contributed by atoms with Crippen molar-refractivity contribution in [1.82, 2.24) is 0 Å². The second-order valence-corrected chi connectivity index (χ2v) is 23.4. The first kappa shape index (κ1) is 46.1. The van der Waals surface area contributed by atoms with Crippen molar-refractivity contribution < 1.29 is 39.1 Å². The quantitative estimate of drug-likeness (QED) is 0.171. The normalized spacial score (nSPS) is 43.9. The van der Waals surface area contributed by atoms with Gasteiger partial charge in [-0.05, 0) is 197 Å². The third-order valence-corrected chi connectivity index (χ3v) is 20.5. The maximum Gasteiger partial charge on any atom is 0.303 e. The Morgan fingerprint density at radius 2 is 1.77 bits per heavy atom. The molecule has 1 aromatic carbocycles. The number of allylic oxidation sites excluding steroid dienone is 4. The molecule has 0 radical (unpaired) electrons. The number of nitrogens with zero attached hydrogens (tertiary/aromatic N) is 1. The van der Waals surface area contributed by atoms with Crippen molar-refractivity contribution in [3.05, 3.63) is 52.4 Å². The zero-order chi connectivity index (χ0) is 45.7. The van der Waals surface area contributed by atoms with Gasteiger partial charge in [-0.15, -0.1) is 5.92 Å². The van der Waals surface area contributed by atoms with Gasteiger partial charge in [-0.25, -0.2) is 4.39 Å². The maximum atomic E-state index is 16.5. The molecule has 0 aromatic heterocycles. The number of halogens is 1. The molecule has 0 saturated heterocycles. The molecule has 6 saturated carbocycles. The second-order valence-electron chi connectivity index (χ2n) is 23.4. The third kappa shape index (κ3) is 7.28. The Kier molecular flexibility index (Phi) is 12.0. The van der Waals surface area contributed by atoms with Crippen LogP contribution in [0.15, 0.2) is 41.0 Å². The van der Waals surface area contributed by atoms with Gasteiger partial charge in [0.05, 0.1) is 30.1 Å². The van der Waals surface area contributed by atoms with Crippen molar-refractivity contribution in [3.63, 3.8) is 0 Å². The van der Waals surface area contributed by atoms with Crippen LogP contribution in [0.5, 0.6) is 0 Å². The Labute approximate surface area is 381 Å². The number of ether oxygens (including phenoxy) is 1. The molecule has 0 amide bonds. The molecule has 6 fully saturated rings. The van der Waals surface area contributed by atoms with Crippen LogP contribution < -0.4 is 4.90 Å². The average Bonchev–Trinajstić information content (AvgIpc) is 3.73. The monoisotopic (exact) mass is 882 g/mol. The predicted molar refractivity (Wildman–Crippen MR) is 247 cm³/mol. The lowest BCUT2D eigenvalue weighted by Gasteiger charge is -2.64. The van der Waals surface area contributed by atoms with Crippen molar-refractivity contribution in [1.29, 1.82) is 0 Å². The van der Waals surface area contributed by atoms with E-state index in [4.69, 9.17) is 4.74 Å². The van der Waals surface area contributed by atoms with E-state index in [9.17, 15) is 30.0 Å². The molecule has 0 spiro atoms. The van der Waals surface area contributed by atoms with E-state index >= 15 is 4.39 Å². The average molecular weight is 882 g/mol. The summed E-state index contributed by atoms with van der Waals surface area (Å²) in [6.07, 6.45) is 13.1. The Bertz CT molecular complexity index is 2160. The molecule has 2 unspecified atom stereocenters. The largest absolute Gasteiger partial charge is 0.481 e. The number of hydrogen-bond donors (Lipinski definition) is 4. The molecule has 8 aliphatic rings. The van der Waals surface area contributed by atoms with Crippen LogP contribution in [0.25, 0.3) is 0 Å². The summed E-state index contributed by atoms with van der Waals surface area (Å²) in [5.74, 6) is 7.22. The molecule has 64 heavy (non-hydrogen) atoms. The number of carboxylic acids is 1. The fraction of sp³-hybridized carbons (Fsp3) is 0.745. The van der Waals surface area contributed by atoms with Crippen LogP contribution >= 0.6 is 0 Å². The highest BCUT2D eigenvalue weighted by molar-refractivity contribution is 5.93. The van der Waals surface area contributed by atoms with Crippen LogP contribution in [0.3, 0.4) is 0 Å². The van der Waals surface area contributed by atoms with E-state index in [1.54, 1.807) is 13.0 Å². The van der Waals surface area contributed by atoms with Crippen LogP contribution in [-0.2, 0) is 14.3 Å². The molecular formula is C55H76FNO7. The van der Waals surface area contributed by atoms with Crippen molar-refractivity contribution >= 4 is 17.4 Å². The minimum atomic E-state index is -1.09. The molecule has 0 aliphatic heterocycles. The van der Waals surface area contributed by atoms with Crippen LogP contribution in [0.2, 0.25) is 0 Å². The van der Waals surface area contributed by atoms with Crippen molar-refractivity contribution in [3.8, 4) is 11.8 Å². The zero-order valence-electron chi connectivity index (χ0n) is 39.7. The van der Waals surface area contributed by atoms with E-state index < -0.39 is 29.2 Å². The van der Waals surface area contributed by atoms with Gasteiger partial charge in [0.25, 0.3) is 0 Å². The first-order valence-corrected chi connectivity index (χ1v) is 25.1. The second kappa shape index (κ2) is 16.6. The van der Waals surface area contributed by atoms with Gasteiger partial charge in [0, 0.05) is 37.8 Å². The van der Waals surface area contributed by atoms with Gasteiger partial charge in [0.1, 0.15) is 11.4 Å². The summed E-state index contributed by atoms with van der Waals surface area (Å²) in [6.45, 7) is 14.0. The van der Waals surface area contributed by atoms with Crippen molar-refractivity contribution in [2.75, 3.05) is 25.1 Å². The lowest BCUT2D eigenvalue weighted by Crippen LogP contribution is -2.63. The van der Waals surface area contributed by atoms with E-state index in [0.29, 0.717) is 50.9 Å². The molecule has 8 aliphatic carbocycles. The number of aliphatic carboxylic acids is 1. The van der Waals surface area contributed by atoms with E-state index in [2.05, 4.69) is 52.5 Å². The fourth-order valence-electron chi connectivity index (χ4n) is 17.0. The van der Waals surface area contributed by atoms with Gasteiger partial charge in [-0.2, -0.15) is 0 Å². The predicted octanol–water partition coefficient (Wildman–Crippen LogP) is 9.79. The Morgan fingerprint density at radius 1 is 0.984 bits per heavy atom. The number of likely N-dealkylation sites (N-methyl/N-ethyl adjacent to an activating group) is 1. The highest BCUT2D eigenvalue weighted by atomic mass is 19.1. The molecule has 16 atom stereocenters. The molecule has 350 valence electrons. The number of carbonyl (C=O) groups excluding carboxylic acids is 1. The lowest BCUT2D eigenvalue weighted by molar-refractivity contribution is -0.218. The van der Waals surface area contributed by atoms with E-state index in [-0.39, 0.29) is 87.7 Å². The number of rotatable bonds is 10. The van der Waals surface area contributed by atoms with Crippen LogP contribution in [-0.4, -0.2) is 75.8 Å². The summed E-state index contributed by atoms with van der Waals surface area (Å²) in [5.41, 5.74) is 3.07. The number of fused-ring (bicyclic) bond motifs is 9. The van der Waals surface area contributed by atoms with Crippen LogP contribution in [0.1, 0.15) is 156 Å². The van der Waals surface area contributed by atoms with Crippen LogP contribution in [0, 0.1) is 81.2 Å². The van der Waals surface area contributed by atoms with Crippen molar-refractivity contribution in [2.24, 2.45) is 63.6 Å². The summed E-state index contributed by atoms with van der Waals surface area (Å²) in [7, 11) is 1.92. The first-order valence-electron chi connectivity index (χ1n) is 25.1. The topological polar surface area (TPSA) is 128 Å². The Morgan fingerprint density at radius 3 is 2.50 bits per heavy atom. The smallest absolute Gasteiger partial charge is 0.303 e. The van der Waals surface area contributed by atoms with E-state index in [1.807, 2.05) is 24.1 Å². The third-order valence-electron chi connectivity index (χ3n) is 20.5. The maximum absolute atomic E-state index is 16.5. The number of benzene rings is 1. The highest BCUT2D eigenvalue weighted by Crippen LogP contribution is 2.70.